The third-order valence-corrected chi connectivity index (χ3v) is 5.26. The van der Waals surface area contributed by atoms with E-state index in [1.165, 1.54) is 24.3 Å². The number of carbonyl (C=O) groups excluding carboxylic acids is 1. The molecule has 4 rings (SSSR count). The molecule has 0 aliphatic carbocycles. The van der Waals surface area contributed by atoms with Crippen molar-refractivity contribution in [3.63, 3.8) is 0 Å². The second-order valence-corrected chi connectivity index (χ2v) is 7.84. The molecule has 0 atom stereocenters. The van der Waals surface area contributed by atoms with E-state index in [-0.39, 0.29) is 23.7 Å². The van der Waals surface area contributed by atoms with Crippen molar-refractivity contribution in [3.8, 4) is 16.9 Å². The van der Waals surface area contributed by atoms with Gasteiger partial charge in [-0.25, -0.2) is 13.9 Å². The second-order valence-electron chi connectivity index (χ2n) is 7.84. The molecular weight excluding hydrogens is 435 g/mol. The number of hydrogen-bond donors (Lipinski definition) is 2. The van der Waals surface area contributed by atoms with Crippen molar-refractivity contribution in [1.29, 1.82) is 0 Å². The quantitative estimate of drug-likeness (QED) is 0.410. The minimum atomic E-state index is -1.02. The van der Waals surface area contributed by atoms with Gasteiger partial charge in [-0.05, 0) is 61.5 Å². The normalized spacial score (nSPS) is 10.8. The Morgan fingerprint density at radius 3 is 2.47 bits per heavy atom. The molecular formula is C26H23FN4O3. The summed E-state index contributed by atoms with van der Waals surface area (Å²) >= 11 is 0. The maximum absolute atomic E-state index is 13.9. The number of carboxylic acids is 1. The molecule has 2 aromatic carbocycles. The zero-order valence-corrected chi connectivity index (χ0v) is 18.5. The van der Waals surface area contributed by atoms with Gasteiger partial charge in [-0.3, -0.25) is 9.78 Å². The Balaban J connectivity index is 1.53. The predicted octanol–water partition coefficient (Wildman–Crippen LogP) is 4.33. The molecule has 1 amide bonds. The minimum absolute atomic E-state index is 0.129. The van der Waals surface area contributed by atoms with Crippen LogP contribution in [-0.4, -0.2) is 31.7 Å². The lowest BCUT2D eigenvalue weighted by Gasteiger charge is -2.08. The van der Waals surface area contributed by atoms with Crippen LogP contribution >= 0.6 is 0 Å². The zero-order chi connectivity index (χ0) is 24.1. The Morgan fingerprint density at radius 2 is 1.76 bits per heavy atom. The van der Waals surface area contributed by atoms with Crippen molar-refractivity contribution in [2.45, 2.75) is 26.3 Å². The van der Waals surface area contributed by atoms with Crippen molar-refractivity contribution in [1.82, 2.24) is 20.1 Å². The van der Waals surface area contributed by atoms with Crippen LogP contribution < -0.4 is 5.32 Å². The number of benzene rings is 2. The molecule has 0 unspecified atom stereocenters. The van der Waals surface area contributed by atoms with Gasteiger partial charge in [-0.1, -0.05) is 18.2 Å². The molecule has 0 saturated heterocycles. The first kappa shape index (κ1) is 22.8. The topological polar surface area (TPSA) is 97.1 Å². The number of rotatable bonds is 8. The van der Waals surface area contributed by atoms with Crippen LogP contribution in [0, 0.1) is 12.7 Å². The summed E-state index contributed by atoms with van der Waals surface area (Å²) in [6.07, 6.45) is 0.610. The molecule has 172 valence electrons. The summed E-state index contributed by atoms with van der Waals surface area (Å²) in [6.45, 7) is 2.24. The molecule has 0 radical (unpaired) electrons. The van der Waals surface area contributed by atoms with E-state index < -0.39 is 5.97 Å². The van der Waals surface area contributed by atoms with E-state index in [2.05, 4.69) is 15.4 Å². The molecule has 0 aliphatic rings. The molecule has 0 spiro atoms. The van der Waals surface area contributed by atoms with Crippen molar-refractivity contribution in [2.24, 2.45) is 0 Å². The van der Waals surface area contributed by atoms with Crippen LogP contribution in [0.2, 0.25) is 0 Å². The van der Waals surface area contributed by atoms with E-state index in [4.69, 9.17) is 5.11 Å². The van der Waals surface area contributed by atoms with Gasteiger partial charge in [-0.15, -0.1) is 0 Å². The maximum Gasteiger partial charge on any atom is 0.335 e. The molecule has 34 heavy (non-hydrogen) atoms. The molecule has 4 aromatic rings. The highest BCUT2D eigenvalue weighted by atomic mass is 19.1. The summed E-state index contributed by atoms with van der Waals surface area (Å²) in [5.41, 5.74) is 4.38. The van der Waals surface area contributed by atoms with Crippen LogP contribution in [0.25, 0.3) is 16.9 Å². The van der Waals surface area contributed by atoms with Crippen LogP contribution in [-0.2, 0) is 17.8 Å². The van der Waals surface area contributed by atoms with Crippen LogP contribution in [0.15, 0.2) is 72.8 Å². The predicted molar refractivity (Wildman–Crippen MR) is 125 cm³/mol. The van der Waals surface area contributed by atoms with Crippen LogP contribution in [0.4, 0.5) is 4.39 Å². The number of pyridine rings is 1. The monoisotopic (exact) mass is 458 g/mol. The Hall–Kier alpha value is -4.33. The third kappa shape index (κ3) is 5.53. The van der Waals surface area contributed by atoms with Gasteiger partial charge >= 0.3 is 5.97 Å². The molecule has 2 heterocycles. The molecule has 0 saturated carbocycles. The highest BCUT2D eigenvalue weighted by molar-refractivity contribution is 5.87. The van der Waals surface area contributed by atoms with Crippen LogP contribution in [0.5, 0.6) is 0 Å². The van der Waals surface area contributed by atoms with E-state index in [0.29, 0.717) is 35.6 Å². The summed E-state index contributed by atoms with van der Waals surface area (Å²) in [7, 11) is 0. The SMILES string of the molecule is Cc1cccc(CNC(=O)CCc2cc(-c3cccc(F)c3)n(-c3ccc(C(=O)O)cc3)n2)n1. The number of aryl methyl sites for hydroxylation is 2. The summed E-state index contributed by atoms with van der Waals surface area (Å²) in [5.74, 6) is -1.53. The van der Waals surface area contributed by atoms with E-state index in [9.17, 15) is 14.0 Å². The Labute approximate surface area is 195 Å². The number of carbonyl (C=O) groups is 2. The molecule has 8 heteroatoms. The highest BCUT2D eigenvalue weighted by Gasteiger charge is 2.14. The number of aromatic nitrogens is 3. The van der Waals surface area contributed by atoms with Crippen molar-refractivity contribution in [2.75, 3.05) is 0 Å². The average Bonchev–Trinajstić information content (AvgIpc) is 3.26. The molecule has 0 aliphatic heterocycles. The summed E-state index contributed by atoms with van der Waals surface area (Å²) in [4.78, 5) is 27.9. The van der Waals surface area contributed by atoms with Crippen molar-refractivity contribution in [3.05, 3.63) is 101 Å². The Morgan fingerprint density at radius 1 is 1.00 bits per heavy atom. The minimum Gasteiger partial charge on any atom is -0.478 e. The van der Waals surface area contributed by atoms with E-state index in [1.54, 1.807) is 28.9 Å². The number of amides is 1. The van der Waals surface area contributed by atoms with Gasteiger partial charge < -0.3 is 10.4 Å². The third-order valence-electron chi connectivity index (χ3n) is 5.26. The van der Waals surface area contributed by atoms with Crippen molar-refractivity contribution >= 4 is 11.9 Å². The van der Waals surface area contributed by atoms with Gasteiger partial charge in [0.15, 0.2) is 0 Å². The fourth-order valence-corrected chi connectivity index (χ4v) is 3.56. The molecule has 7 nitrogen and oxygen atoms in total. The average molecular weight is 458 g/mol. The number of halogens is 1. The first-order chi connectivity index (χ1) is 16.4. The summed E-state index contributed by atoms with van der Waals surface area (Å²) in [5, 5.41) is 16.6. The molecule has 0 fully saturated rings. The Bertz CT molecular complexity index is 1330. The maximum atomic E-state index is 13.9. The standard InChI is InChI=1S/C26H23FN4O3/c1-17-4-2-7-22(29-17)16-28-25(32)13-10-21-15-24(19-5-3-6-20(27)14-19)31(30-21)23-11-8-18(9-12-23)26(33)34/h2-9,11-12,14-15H,10,13,16H2,1H3,(H,28,32)(H,33,34). The van der Waals surface area contributed by atoms with Crippen molar-refractivity contribution < 1.29 is 19.1 Å². The van der Waals surface area contributed by atoms with Gasteiger partial charge in [0.25, 0.3) is 0 Å². The largest absolute Gasteiger partial charge is 0.478 e. The lowest BCUT2D eigenvalue weighted by molar-refractivity contribution is -0.121. The lowest BCUT2D eigenvalue weighted by atomic mass is 10.1. The van der Waals surface area contributed by atoms with Gasteiger partial charge in [-0.2, -0.15) is 5.10 Å². The van der Waals surface area contributed by atoms with Gasteiger partial charge in [0.2, 0.25) is 5.91 Å². The molecule has 2 N–H and O–H groups in total. The van der Waals surface area contributed by atoms with Gasteiger partial charge in [0, 0.05) is 24.1 Å². The second kappa shape index (κ2) is 10.1. The molecule has 0 bridgehead atoms. The number of nitrogens with one attached hydrogen (secondary N) is 1. The van der Waals surface area contributed by atoms with E-state index in [1.807, 2.05) is 31.2 Å². The fourth-order valence-electron chi connectivity index (χ4n) is 3.56. The Kier molecular flexibility index (Phi) is 6.77. The first-order valence-electron chi connectivity index (χ1n) is 10.8. The van der Waals surface area contributed by atoms with Crippen LogP contribution in [0.3, 0.4) is 0 Å². The molecule has 2 aromatic heterocycles. The van der Waals surface area contributed by atoms with Crippen LogP contribution in [0.1, 0.15) is 33.9 Å². The van der Waals surface area contributed by atoms with E-state index in [0.717, 1.165) is 11.4 Å². The van der Waals surface area contributed by atoms with Gasteiger partial charge in [0.05, 0.1) is 34.9 Å². The summed E-state index contributed by atoms with van der Waals surface area (Å²) in [6, 6.07) is 19.9. The number of aromatic carboxylic acids is 1. The first-order valence-corrected chi connectivity index (χ1v) is 10.8. The lowest BCUT2D eigenvalue weighted by Crippen LogP contribution is -2.23. The van der Waals surface area contributed by atoms with E-state index >= 15 is 0 Å². The number of hydrogen-bond acceptors (Lipinski definition) is 4. The van der Waals surface area contributed by atoms with Gasteiger partial charge in [0.1, 0.15) is 5.82 Å². The smallest absolute Gasteiger partial charge is 0.335 e. The summed E-state index contributed by atoms with van der Waals surface area (Å²) < 4.78 is 15.5. The fraction of sp³-hybridized carbons (Fsp3) is 0.154. The number of carboxylic acid groups (broad SMARTS) is 1. The number of nitrogens with zero attached hydrogens (tertiary/aromatic N) is 3. The highest BCUT2D eigenvalue weighted by Crippen LogP contribution is 2.25. The zero-order valence-electron chi connectivity index (χ0n) is 18.5.